The Morgan fingerprint density at radius 3 is 2.18 bits per heavy atom. The van der Waals surface area contributed by atoms with Crippen LogP contribution in [-0.4, -0.2) is 31.1 Å². The van der Waals surface area contributed by atoms with E-state index in [1.165, 1.54) is 6.26 Å². The van der Waals surface area contributed by atoms with Gasteiger partial charge in [-0.05, 0) is 12.8 Å². The lowest BCUT2D eigenvalue weighted by Gasteiger charge is -2.25. The molecule has 11 heavy (non-hydrogen) atoms. The van der Waals surface area contributed by atoms with Crippen molar-refractivity contribution in [3.8, 4) is 0 Å². The van der Waals surface area contributed by atoms with Gasteiger partial charge in [-0.1, -0.05) is 12.8 Å². The van der Waals surface area contributed by atoms with Gasteiger partial charge in [-0.25, -0.2) is 8.42 Å². The highest BCUT2D eigenvalue weighted by atomic mass is 32.2. The molecule has 1 rings (SSSR count). The maximum Gasteiger partial charge on any atom is 0.152 e. The average molecular weight is 178 g/mol. The smallest absolute Gasteiger partial charge is 0.152 e. The molecule has 0 spiro atoms. The van der Waals surface area contributed by atoms with Crippen molar-refractivity contribution in [2.75, 3.05) is 6.26 Å². The molecule has 1 aliphatic rings. The summed E-state index contributed by atoms with van der Waals surface area (Å²) in [6.07, 6.45) is 3.71. The lowest BCUT2D eigenvalue weighted by molar-refractivity contribution is 0.133. The number of sulfone groups is 1. The third kappa shape index (κ3) is 2.17. The van der Waals surface area contributed by atoms with Crippen molar-refractivity contribution in [3.63, 3.8) is 0 Å². The van der Waals surface area contributed by atoms with E-state index in [1.807, 2.05) is 0 Å². The van der Waals surface area contributed by atoms with Gasteiger partial charge in [-0.2, -0.15) is 0 Å². The molecular weight excluding hydrogens is 164 g/mol. The van der Waals surface area contributed by atoms with Gasteiger partial charge in [-0.15, -0.1) is 0 Å². The van der Waals surface area contributed by atoms with Gasteiger partial charge in [0.15, 0.2) is 9.84 Å². The molecule has 0 aromatic rings. The summed E-state index contributed by atoms with van der Waals surface area (Å²) in [4.78, 5) is 0. The van der Waals surface area contributed by atoms with Crippen LogP contribution in [0.4, 0.5) is 0 Å². The second-order valence-electron chi connectivity index (χ2n) is 3.22. The Kier molecular flexibility index (Phi) is 2.54. The minimum Gasteiger partial charge on any atom is -0.392 e. The Hall–Kier alpha value is -0.0900. The molecule has 0 aromatic carbocycles. The topological polar surface area (TPSA) is 54.4 Å². The van der Waals surface area contributed by atoms with E-state index in [0.717, 1.165) is 12.8 Å². The zero-order valence-corrected chi connectivity index (χ0v) is 7.47. The summed E-state index contributed by atoms with van der Waals surface area (Å²) in [7, 11) is -3.03. The monoisotopic (exact) mass is 178 g/mol. The molecule has 3 nitrogen and oxygen atoms in total. The largest absolute Gasteiger partial charge is 0.392 e. The SMILES string of the molecule is CS(=O)(=O)[C@@H]1CCCC[C@@H]1O. The first-order valence-electron chi connectivity index (χ1n) is 3.89. The fourth-order valence-corrected chi connectivity index (χ4v) is 2.88. The minimum absolute atomic E-state index is 0.503. The number of aliphatic hydroxyl groups is 1. The van der Waals surface area contributed by atoms with Crippen molar-refractivity contribution in [2.24, 2.45) is 0 Å². The normalized spacial score (nSPS) is 33.6. The lowest BCUT2D eigenvalue weighted by atomic mass is 9.97. The standard InChI is InChI=1S/C7H14O3S/c1-11(9,10)7-5-3-2-4-6(7)8/h6-8H,2-5H2,1H3/t6-,7+/m0/s1. The summed E-state index contributed by atoms with van der Waals surface area (Å²) in [6, 6.07) is 0. The Morgan fingerprint density at radius 2 is 1.82 bits per heavy atom. The van der Waals surface area contributed by atoms with Gasteiger partial charge in [0.05, 0.1) is 11.4 Å². The van der Waals surface area contributed by atoms with Gasteiger partial charge in [0.25, 0.3) is 0 Å². The molecule has 1 aliphatic carbocycles. The molecule has 2 atom stereocenters. The van der Waals surface area contributed by atoms with Crippen LogP contribution in [0.2, 0.25) is 0 Å². The van der Waals surface area contributed by atoms with Gasteiger partial charge < -0.3 is 5.11 Å². The van der Waals surface area contributed by atoms with Crippen LogP contribution in [0.5, 0.6) is 0 Å². The summed E-state index contributed by atoms with van der Waals surface area (Å²) in [5.74, 6) is 0. The molecule has 0 bridgehead atoms. The van der Waals surface area contributed by atoms with Crippen molar-refractivity contribution in [3.05, 3.63) is 0 Å². The highest BCUT2D eigenvalue weighted by molar-refractivity contribution is 7.91. The van der Waals surface area contributed by atoms with E-state index in [2.05, 4.69) is 0 Å². The van der Waals surface area contributed by atoms with E-state index >= 15 is 0 Å². The summed E-state index contributed by atoms with van der Waals surface area (Å²) in [6.45, 7) is 0. The molecule has 0 amide bonds. The van der Waals surface area contributed by atoms with Gasteiger partial charge >= 0.3 is 0 Å². The van der Waals surface area contributed by atoms with E-state index in [-0.39, 0.29) is 0 Å². The molecule has 0 saturated heterocycles. The van der Waals surface area contributed by atoms with E-state index in [0.29, 0.717) is 12.8 Å². The van der Waals surface area contributed by atoms with Gasteiger partial charge in [0.2, 0.25) is 0 Å². The number of hydrogen-bond acceptors (Lipinski definition) is 3. The van der Waals surface area contributed by atoms with E-state index in [4.69, 9.17) is 0 Å². The van der Waals surface area contributed by atoms with Crippen LogP contribution in [0.25, 0.3) is 0 Å². The zero-order valence-electron chi connectivity index (χ0n) is 6.66. The Balaban J connectivity index is 2.70. The van der Waals surface area contributed by atoms with Crippen LogP contribution in [0.15, 0.2) is 0 Å². The van der Waals surface area contributed by atoms with Crippen LogP contribution in [0, 0.1) is 0 Å². The molecule has 0 unspecified atom stereocenters. The molecule has 66 valence electrons. The van der Waals surface area contributed by atoms with Crippen molar-refractivity contribution >= 4 is 9.84 Å². The maximum absolute atomic E-state index is 11.0. The zero-order chi connectivity index (χ0) is 8.48. The maximum atomic E-state index is 11.0. The lowest BCUT2D eigenvalue weighted by Crippen LogP contribution is -2.36. The first-order chi connectivity index (χ1) is 5.02. The van der Waals surface area contributed by atoms with Crippen molar-refractivity contribution in [1.82, 2.24) is 0 Å². The first kappa shape index (κ1) is 9.00. The van der Waals surface area contributed by atoms with E-state index < -0.39 is 21.2 Å². The number of hydrogen-bond donors (Lipinski definition) is 1. The van der Waals surface area contributed by atoms with Crippen molar-refractivity contribution in [2.45, 2.75) is 37.0 Å². The van der Waals surface area contributed by atoms with Crippen LogP contribution in [-0.2, 0) is 9.84 Å². The molecule has 4 heteroatoms. The van der Waals surface area contributed by atoms with Crippen LogP contribution < -0.4 is 0 Å². The summed E-state index contributed by atoms with van der Waals surface area (Å²) in [5, 5.41) is 8.82. The summed E-state index contributed by atoms with van der Waals surface area (Å²) < 4.78 is 22.1. The Morgan fingerprint density at radius 1 is 1.27 bits per heavy atom. The fraction of sp³-hybridized carbons (Fsp3) is 1.00. The Bertz CT molecular complexity index is 220. The average Bonchev–Trinajstić information content (AvgIpc) is 1.86. The van der Waals surface area contributed by atoms with Crippen molar-refractivity contribution in [1.29, 1.82) is 0 Å². The van der Waals surface area contributed by atoms with Crippen LogP contribution in [0.3, 0.4) is 0 Å². The third-order valence-electron chi connectivity index (χ3n) is 2.22. The van der Waals surface area contributed by atoms with Crippen LogP contribution in [0.1, 0.15) is 25.7 Å². The second kappa shape index (κ2) is 3.11. The predicted molar refractivity (Wildman–Crippen MR) is 43.1 cm³/mol. The predicted octanol–water partition coefficient (Wildman–Crippen LogP) is 0.334. The number of rotatable bonds is 1. The first-order valence-corrected chi connectivity index (χ1v) is 5.84. The minimum atomic E-state index is -3.03. The highest BCUT2D eigenvalue weighted by Crippen LogP contribution is 2.23. The Labute approximate surface area is 67.3 Å². The van der Waals surface area contributed by atoms with Crippen LogP contribution >= 0.6 is 0 Å². The highest BCUT2D eigenvalue weighted by Gasteiger charge is 2.30. The third-order valence-corrected chi connectivity index (χ3v) is 3.87. The fourth-order valence-electron chi connectivity index (χ4n) is 1.58. The van der Waals surface area contributed by atoms with Crippen molar-refractivity contribution < 1.29 is 13.5 Å². The molecule has 0 aromatic heterocycles. The number of aliphatic hydroxyl groups excluding tert-OH is 1. The second-order valence-corrected chi connectivity index (χ2v) is 5.48. The molecule has 1 N–H and O–H groups in total. The van der Waals surface area contributed by atoms with Gasteiger partial charge in [0.1, 0.15) is 0 Å². The molecule has 1 saturated carbocycles. The molecule has 0 heterocycles. The quantitative estimate of drug-likeness (QED) is 0.629. The van der Waals surface area contributed by atoms with Gasteiger partial charge in [0, 0.05) is 6.26 Å². The van der Waals surface area contributed by atoms with Gasteiger partial charge in [-0.3, -0.25) is 0 Å². The summed E-state index contributed by atoms with van der Waals surface area (Å²) in [5.41, 5.74) is 0. The molecule has 0 radical (unpaired) electrons. The molecule has 0 aliphatic heterocycles. The van der Waals surface area contributed by atoms with E-state index in [9.17, 15) is 13.5 Å². The van der Waals surface area contributed by atoms with E-state index in [1.54, 1.807) is 0 Å². The molecule has 1 fully saturated rings. The molecular formula is C7H14O3S. The summed E-state index contributed by atoms with van der Waals surface area (Å²) >= 11 is 0.